The van der Waals surface area contributed by atoms with Crippen molar-refractivity contribution < 1.29 is 9.53 Å². The maximum Gasteiger partial charge on any atom is 0.302 e. The van der Waals surface area contributed by atoms with Crippen LogP contribution >= 0.6 is 0 Å². The van der Waals surface area contributed by atoms with Crippen molar-refractivity contribution in [3.63, 3.8) is 0 Å². The second-order valence-corrected chi connectivity index (χ2v) is 6.01. The molecule has 0 bridgehead atoms. The fourth-order valence-electron chi connectivity index (χ4n) is 2.53. The van der Waals surface area contributed by atoms with Gasteiger partial charge in [0.05, 0.1) is 0 Å². The number of carbonyl (C=O) groups is 1. The molecule has 20 heavy (non-hydrogen) atoms. The Morgan fingerprint density at radius 2 is 2.00 bits per heavy atom. The lowest BCUT2D eigenvalue weighted by atomic mass is 10.0. The van der Waals surface area contributed by atoms with Gasteiger partial charge >= 0.3 is 5.97 Å². The van der Waals surface area contributed by atoms with Crippen LogP contribution in [0, 0.1) is 0 Å². The highest BCUT2D eigenvalue weighted by Crippen LogP contribution is 2.37. The highest BCUT2D eigenvalue weighted by atomic mass is 16.5. The minimum Gasteiger partial charge on any atom is -0.463 e. The molecule has 0 aliphatic heterocycles. The largest absolute Gasteiger partial charge is 0.463 e. The number of benzene rings is 1. The monoisotopic (exact) mass is 275 g/mol. The van der Waals surface area contributed by atoms with Gasteiger partial charge in [-0.25, -0.2) is 0 Å². The summed E-state index contributed by atoms with van der Waals surface area (Å²) in [7, 11) is 0. The predicted molar refractivity (Wildman–Crippen MR) is 80.3 cm³/mol. The summed E-state index contributed by atoms with van der Waals surface area (Å²) >= 11 is 0. The molecule has 3 heteroatoms. The van der Waals surface area contributed by atoms with Crippen LogP contribution in [0.1, 0.15) is 51.0 Å². The van der Waals surface area contributed by atoms with E-state index >= 15 is 0 Å². The van der Waals surface area contributed by atoms with Crippen LogP contribution in [0.4, 0.5) is 0 Å². The van der Waals surface area contributed by atoms with E-state index in [0.29, 0.717) is 0 Å². The second-order valence-electron chi connectivity index (χ2n) is 6.01. The van der Waals surface area contributed by atoms with E-state index in [0.717, 1.165) is 44.9 Å². The zero-order chi connectivity index (χ0) is 14.4. The Balaban J connectivity index is 1.73. The number of esters is 1. The molecule has 0 unspecified atom stereocenters. The summed E-state index contributed by atoms with van der Waals surface area (Å²) in [5.74, 6) is -0.184. The summed E-state index contributed by atoms with van der Waals surface area (Å²) in [5.41, 5.74) is 7.48. The molecule has 0 radical (unpaired) electrons. The van der Waals surface area contributed by atoms with Crippen LogP contribution in [0.25, 0.3) is 0 Å². The lowest BCUT2D eigenvalue weighted by Gasteiger charge is -2.19. The van der Waals surface area contributed by atoms with Crippen LogP contribution in [-0.4, -0.2) is 17.6 Å². The van der Waals surface area contributed by atoms with Crippen molar-refractivity contribution in [1.29, 1.82) is 0 Å². The van der Waals surface area contributed by atoms with E-state index in [9.17, 15) is 4.79 Å². The summed E-state index contributed by atoms with van der Waals surface area (Å²) in [6.45, 7) is 1.49. The predicted octanol–water partition coefficient (Wildman–Crippen LogP) is 3.21. The molecule has 0 heterocycles. The number of carbonyl (C=O) groups excluding carboxylic acids is 1. The first-order chi connectivity index (χ1) is 9.57. The van der Waals surface area contributed by atoms with Gasteiger partial charge in [-0.2, -0.15) is 0 Å². The normalized spacial score (nSPS) is 17.5. The molecule has 0 amide bonds. The van der Waals surface area contributed by atoms with Gasteiger partial charge in [0.15, 0.2) is 0 Å². The molecule has 1 saturated carbocycles. The Morgan fingerprint density at radius 1 is 1.30 bits per heavy atom. The number of hydrogen-bond acceptors (Lipinski definition) is 3. The molecule has 110 valence electrons. The van der Waals surface area contributed by atoms with Gasteiger partial charge in [-0.1, -0.05) is 30.3 Å². The van der Waals surface area contributed by atoms with Crippen molar-refractivity contribution in [2.24, 2.45) is 5.73 Å². The number of hydrogen-bond donors (Lipinski definition) is 1. The van der Waals surface area contributed by atoms with Crippen LogP contribution < -0.4 is 5.73 Å². The molecule has 2 rings (SSSR count). The number of nitrogens with two attached hydrogens (primary N) is 1. The van der Waals surface area contributed by atoms with Gasteiger partial charge in [-0.05, 0) is 50.5 Å². The van der Waals surface area contributed by atoms with E-state index in [2.05, 4.69) is 24.3 Å². The van der Waals surface area contributed by atoms with E-state index in [1.165, 1.54) is 12.5 Å². The van der Waals surface area contributed by atoms with Crippen molar-refractivity contribution in [2.45, 2.75) is 63.5 Å². The van der Waals surface area contributed by atoms with Crippen molar-refractivity contribution in [3.8, 4) is 0 Å². The number of rotatable bonds is 8. The average molecular weight is 275 g/mol. The standard InChI is InChI=1S/C17H25NO2/c1-14(19)20-16(10-11-17(18)12-13-17)9-5-8-15-6-3-2-4-7-15/h2-4,6-7,16H,5,8-13,18H2,1H3/t16-/m1/s1. The minimum absolute atomic E-state index is 0.0252. The molecular weight excluding hydrogens is 250 g/mol. The molecule has 1 aromatic rings. The molecule has 0 aromatic heterocycles. The van der Waals surface area contributed by atoms with E-state index < -0.39 is 0 Å². The fourth-order valence-corrected chi connectivity index (χ4v) is 2.53. The minimum atomic E-state index is -0.184. The summed E-state index contributed by atoms with van der Waals surface area (Å²) in [6.07, 6.45) is 7.11. The van der Waals surface area contributed by atoms with Gasteiger partial charge in [0.1, 0.15) is 6.10 Å². The van der Waals surface area contributed by atoms with Gasteiger partial charge in [-0.15, -0.1) is 0 Å². The van der Waals surface area contributed by atoms with Crippen molar-refractivity contribution >= 4 is 5.97 Å². The highest BCUT2D eigenvalue weighted by molar-refractivity contribution is 5.66. The third-order valence-corrected chi connectivity index (χ3v) is 4.02. The molecule has 1 aliphatic carbocycles. The van der Waals surface area contributed by atoms with Crippen LogP contribution in [0.5, 0.6) is 0 Å². The molecular formula is C17H25NO2. The van der Waals surface area contributed by atoms with Crippen molar-refractivity contribution in [2.75, 3.05) is 0 Å². The third kappa shape index (κ3) is 5.33. The second kappa shape index (κ2) is 6.89. The Morgan fingerprint density at radius 3 is 2.60 bits per heavy atom. The Labute approximate surface area is 121 Å². The van der Waals surface area contributed by atoms with Gasteiger partial charge in [-0.3, -0.25) is 4.79 Å². The van der Waals surface area contributed by atoms with E-state index in [4.69, 9.17) is 10.5 Å². The SMILES string of the molecule is CC(=O)O[C@H](CCCc1ccccc1)CCC1(N)CC1. The summed E-state index contributed by atoms with van der Waals surface area (Å²) in [4.78, 5) is 11.2. The van der Waals surface area contributed by atoms with Crippen LogP contribution in [0.15, 0.2) is 30.3 Å². The van der Waals surface area contributed by atoms with Gasteiger partial charge < -0.3 is 10.5 Å². The molecule has 2 N–H and O–H groups in total. The van der Waals surface area contributed by atoms with Crippen molar-refractivity contribution in [3.05, 3.63) is 35.9 Å². The van der Waals surface area contributed by atoms with E-state index in [1.54, 1.807) is 0 Å². The molecule has 1 fully saturated rings. The van der Waals surface area contributed by atoms with Gasteiger partial charge in [0.2, 0.25) is 0 Å². The first-order valence-corrected chi connectivity index (χ1v) is 7.57. The smallest absolute Gasteiger partial charge is 0.302 e. The quantitative estimate of drug-likeness (QED) is 0.741. The van der Waals surface area contributed by atoms with Crippen molar-refractivity contribution in [1.82, 2.24) is 0 Å². The zero-order valence-electron chi connectivity index (χ0n) is 12.3. The fraction of sp³-hybridized carbons (Fsp3) is 0.588. The summed E-state index contributed by atoms with van der Waals surface area (Å²) in [6, 6.07) is 10.4. The third-order valence-electron chi connectivity index (χ3n) is 4.02. The number of ether oxygens (including phenoxy) is 1. The first-order valence-electron chi connectivity index (χ1n) is 7.57. The Bertz CT molecular complexity index is 426. The van der Waals surface area contributed by atoms with Crippen LogP contribution in [0.3, 0.4) is 0 Å². The molecule has 0 spiro atoms. The lowest BCUT2D eigenvalue weighted by molar-refractivity contribution is -0.147. The lowest BCUT2D eigenvalue weighted by Crippen LogP contribution is -2.25. The maximum atomic E-state index is 11.2. The zero-order valence-corrected chi connectivity index (χ0v) is 12.3. The van der Waals surface area contributed by atoms with E-state index in [1.807, 2.05) is 6.07 Å². The molecule has 3 nitrogen and oxygen atoms in total. The topological polar surface area (TPSA) is 52.3 Å². The molecule has 0 saturated heterocycles. The average Bonchev–Trinajstić information content (AvgIpc) is 3.15. The number of aryl methyl sites for hydroxylation is 1. The van der Waals surface area contributed by atoms with Gasteiger partial charge in [0.25, 0.3) is 0 Å². The Hall–Kier alpha value is -1.35. The highest BCUT2D eigenvalue weighted by Gasteiger charge is 2.38. The molecule has 1 atom stereocenters. The van der Waals surface area contributed by atoms with Gasteiger partial charge in [0, 0.05) is 12.5 Å². The van der Waals surface area contributed by atoms with E-state index in [-0.39, 0.29) is 17.6 Å². The first kappa shape index (κ1) is 15.0. The van der Waals surface area contributed by atoms with Crippen LogP contribution in [-0.2, 0) is 16.0 Å². The van der Waals surface area contributed by atoms with Crippen LogP contribution in [0.2, 0.25) is 0 Å². The molecule has 1 aromatic carbocycles. The summed E-state index contributed by atoms with van der Waals surface area (Å²) in [5, 5.41) is 0. The Kier molecular flexibility index (Phi) is 5.18. The maximum absolute atomic E-state index is 11.2. The summed E-state index contributed by atoms with van der Waals surface area (Å²) < 4.78 is 5.42. The molecule has 1 aliphatic rings.